The molecule has 3 fully saturated rings. The second-order valence-electron chi connectivity index (χ2n) is 11.9. The number of fused-ring (bicyclic) bond motifs is 3. The first-order valence-corrected chi connectivity index (χ1v) is 13.9. The molecule has 11 heteroatoms. The zero-order valence-electron chi connectivity index (χ0n) is 24.4. The normalized spacial score (nSPS) is 32.3. The monoisotopic (exact) mass is 581 g/mol. The molecule has 6 atom stereocenters. The summed E-state index contributed by atoms with van der Waals surface area (Å²) in [5, 5.41) is 0. The molecule has 2 aromatic rings. The number of esters is 1. The fourth-order valence-electron chi connectivity index (χ4n) is 6.69. The molecule has 6 rings (SSSR count). The minimum absolute atomic E-state index is 0.200. The number of benzene rings is 2. The van der Waals surface area contributed by atoms with Gasteiger partial charge in [-0.05, 0) is 57.5 Å². The van der Waals surface area contributed by atoms with Crippen LogP contribution in [0.25, 0.3) is 0 Å². The molecule has 11 nitrogen and oxygen atoms in total. The fourth-order valence-corrected chi connectivity index (χ4v) is 6.69. The lowest BCUT2D eigenvalue weighted by Gasteiger charge is -2.53. The van der Waals surface area contributed by atoms with Gasteiger partial charge in [-0.15, -0.1) is 0 Å². The van der Waals surface area contributed by atoms with Crippen molar-refractivity contribution >= 4 is 17.8 Å². The van der Waals surface area contributed by atoms with Crippen LogP contribution in [0.15, 0.2) is 48.5 Å². The van der Waals surface area contributed by atoms with Crippen molar-refractivity contribution in [3.8, 4) is 5.75 Å². The van der Waals surface area contributed by atoms with Gasteiger partial charge in [0.2, 0.25) is 0 Å². The second kappa shape index (κ2) is 10.1. The third-order valence-electron chi connectivity index (χ3n) is 8.36. The number of methoxy groups -OCH3 is 2. The Balaban J connectivity index is 1.47. The average molecular weight is 582 g/mol. The van der Waals surface area contributed by atoms with E-state index in [0.29, 0.717) is 5.75 Å². The third kappa shape index (κ3) is 4.51. The van der Waals surface area contributed by atoms with Gasteiger partial charge in [-0.1, -0.05) is 24.3 Å². The fraction of sp³-hybridized carbons (Fsp3) is 0.516. The Morgan fingerprint density at radius 2 is 1.33 bits per heavy atom. The average Bonchev–Trinajstić information content (AvgIpc) is 3.56. The molecule has 2 amide bonds. The predicted octanol–water partition coefficient (Wildman–Crippen LogP) is 3.23. The topological polar surface area (TPSA) is 119 Å². The van der Waals surface area contributed by atoms with Gasteiger partial charge >= 0.3 is 5.97 Å². The standard InChI is InChI=1S/C31H35NO10/c1-29(2)39-23-22(38-16-17-11-13-18(36-5)14-12-17)24-26(42-30(3,4)40-24)31(25(23)41-29,15-21(33)37-6)32-27(34)19-9-7-8-10-20(19)28(32)35/h7-14,22-26H,15-16H2,1-6H3/t22?,23-,24+,25-,26-,31?/m0/s1. The van der Waals surface area contributed by atoms with Crippen molar-refractivity contribution in [1.29, 1.82) is 0 Å². The highest BCUT2D eigenvalue weighted by Crippen LogP contribution is 2.54. The summed E-state index contributed by atoms with van der Waals surface area (Å²) in [6.07, 6.45) is -4.87. The Morgan fingerprint density at radius 3 is 1.81 bits per heavy atom. The van der Waals surface area contributed by atoms with Crippen molar-refractivity contribution in [2.45, 2.75) is 88.4 Å². The van der Waals surface area contributed by atoms with Gasteiger partial charge in [0.25, 0.3) is 11.8 Å². The summed E-state index contributed by atoms with van der Waals surface area (Å²) in [5.41, 5.74) is -0.341. The van der Waals surface area contributed by atoms with Gasteiger partial charge in [0, 0.05) is 0 Å². The van der Waals surface area contributed by atoms with Crippen LogP contribution in [0.2, 0.25) is 0 Å². The first kappa shape index (κ1) is 28.8. The summed E-state index contributed by atoms with van der Waals surface area (Å²) in [6.45, 7) is 7.14. The third-order valence-corrected chi connectivity index (χ3v) is 8.36. The number of imide groups is 1. The molecular formula is C31H35NO10. The van der Waals surface area contributed by atoms with Crippen molar-refractivity contribution in [3.05, 3.63) is 65.2 Å². The van der Waals surface area contributed by atoms with Crippen LogP contribution in [-0.4, -0.2) is 84.5 Å². The number of hydrogen-bond donors (Lipinski definition) is 0. The summed E-state index contributed by atoms with van der Waals surface area (Å²) in [7, 11) is 2.85. The van der Waals surface area contributed by atoms with Gasteiger partial charge in [-0.2, -0.15) is 0 Å². The Hall–Kier alpha value is -3.35. The van der Waals surface area contributed by atoms with Crippen LogP contribution >= 0.6 is 0 Å². The number of carbonyl (C=O) groups excluding carboxylic acids is 3. The van der Waals surface area contributed by atoms with Crippen LogP contribution in [0, 0.1) is 0 Å². The molecule has 3 heterocycles. The Labute approximate surface area is 243 Å². The van der Waals surface area contributed by atoms with Crippen molar-refractivity contribution in [1.82, 2.24) is 4.90 Å². The molecule has 0 radical (unpaired) electrons. The van der Waals surface area contributed by atoms with E-state index in [9.17, 15) is 14.4 Å². The van der Waals surface area contributed by atoms with E-state index < -0.39 is 71.8 Å². The molecule has 1 aliphatic carbocycles. The maximum absolute atomic E-state index is 14.0. The first-order valence-electron chi connectivity index (χ1n) is 13.9. The molecule has 0 spiro atoms. The van der Waals surface area contributed by atoms with Crippen LogP contribution in [-0.2, 0) is 39.8 Å². The van der Waals surface area contributed by atoms with Gasteiger partial charge in [0.15, 0.2) is 11.6 Å². The van der Waals surface area contributed by atoms with Crippen molar-refractivity contribution in [3.63, 3.8) is 0 Å². The SMILES string of the molecule is COC(=O)CC1(N2C(=O)c3ccccc3C2=O)[C@H]2OC(C)(C)O[C@@H]2C(OCc2ccc(OC)cc2)[C@@H]2OC(C)(C)O[C@@H]21. The maximum Gasteiger partial charge on any atom is 0.308 e. The van der Waals surface area contributed by atoms with E-state index in [-0.39, 0.29) is 17.7 Å². The van der Waals surface area contributed by atoms with E-state index in [1.54, 1.807) is 59.1 Å². The van der Waals surface area contributed by atoms with Crippen molar-refractivity contribution in [2.24, 2.45) is 0 Å². The molecule has 2 saturated heterocycles. The summed E-state index contributed by atoms with van der Waals surface area (Å²) >= 11 is 0. The molecule has 1 saturated carbocycles. The van der Waals surface area contributed by atoms with Gasteiger partial charge in [-0.3, -0.25) is 19.3 Å². The molecule has 2 unspecified atom stereocenters. The van der Waals surface area contributed by atoms with Crippen LogP contribution in [0.5, 0.6) is 5.75 Å². The summed E-state index contributed by atoms with van der Waals surface area (Å²) in [6, 6.07) is 14.0. The molecule has 4 aliphatic rings. The number of hydrogen-bond acceptors (Lipinski definition) is 10. The summed E-state index contributed by atoms with van der Waals surface area (Å²) < 4.78 is 42.8. The van der Waals surface area contributed by atoms with E-state index in [0.717, 1.165) is 10.5 Å². The highest BCUT2D eigenvalue weighted by Gasteiger charge is 2.74. The van der Waals surface area contributed by atoms with Crippen LogP contribution in [0.3, 0.4) is 0 Å². The predicted molar refractivity (Wildman–Crippen MR) is 146 cm³/mol. The smallest absolute Gasteiger partial charge is 0.308 e. The van der Waals surface area contributed by atoms with Crippen LogP contribution < -0.4 is 4.74 Å². The van der Waals surface area contributed by atoms with Gasteiger partial charge in [-0.25, -0.2) is 0 Å². The molecule has 42 heavy (non-hydrogen) atoms. The van der Waals surface area contributed by atoms with E-state index in [4.69, 9.17) is 33.2 Å². The number of nitrogens with zero attached hydrogens (tertiary/aromatic N) is 1. The van der Waals surface area contributed by atoms with Crippen LogP contribution in [0.4, 0.5) is 0 Å². The molecule has 0 N–H and O–H groups in total. The highest BCUT2D eigenvalue weighted by atomic mass is 16.8. The Morgan fingerprint density at radius 1 is 0.810 bits per heavy atom. The van der Waals surface area contributed by atoms with Gasteiger partial charge < -0.3 is 33.2 Å². The zero-order chi connectivity index (χ0) is 30.0. The molecule has 0 bridgehead atoms. The highest BCUT2D eigenvalue weighted by molar-refractivity contribution is 6.22. The number of carbonyl (C=O) groups is 3. The van der Waals surface area contributed by atoms with E-state index in [1.807, 2.05) is 24.3 Å². The van der Waals surface area contributed by atoms with Crippen molar-refractivity contribution < 1.29 is 47.5 Å². The number of amides is 2. The summed E-state index contributed by atoms with van der Waals surface area (Å²) in [4.78, 5) is 42.4. The van der Waals surface area contributed by atoms with Gasteiger partial charge in [0.1, 0.15) is 41.8 Å². The number of ether oxygens (including phenoxy) is 7. The quantitative estimate of drug-likeness (QED) is 0.356. The zero-order valence-corrected chi connectivity index (χ0v) is 24.4. The molecular weight excluding hydrogens is 546 g/mol. The molecule has 224 valence electrons. The minimum Gasteiger partial charge on any atom is -0.497 e. The lowest BCUT2D eigenvalue weighted by molar-refractivity contribution is -0.190. The molecule has 2 aromatic carbocycles. The minimum atomic E-state index is -1.68. The second-order valence-corrected chi connectivity index (χ2v) is 11.9. The Bertz CT molecular complexity index is 1340. The van der Waals surface area contributed by atoms with Crippen LogP contribution in [0.1, 0.15) is 60.4 Å². The lowest BCUT2D eigenvalue weighted by atomic mass is 9.69. The molecule has 3 aliphatic heterocycles. The first-order chi connectivity index (χ1) is 19.9. The summed E-state index contributed by atoms with van der Waals surface area (Å²) in [5.74, 6) is -3.35. The molecule has 0 aromatic heterocycles. The Kier molecular flexibility index (Phi) is 6.94. The number of rotatable bonds is 7. The largest absolute Gasteiger partial charge is 0.497 e. The maximum atomic E-state index is 14.0. The van der Waals surface area contributed by atoms with E-state index in [1.165, 1.54) is 7.11 Å². The van der Waals surface area contributed by atoms with Crippen molar-refractivity contribution in [2.75, 3.05) is 14.2 Å². The van der Waals surface area contributed by atoms with E-state index in [2.05, 4.69) is 0 Å². The van der Waals surface area contributed by atoms with Gasteiger partial charge in [0.05, 0.1) is 38.4 Å². The lowest BCUT2D eigenvalue weighted by Crippen LogP contribution is -2.76. The van der Waals surface area contributed by atoms with E-state index >= 15 is 0 Å².